The van der Waals surface area contributed by atoms with Crippen molar-refractivity contribution in [2.24, 2.45) is 5.41 Å². The van der Waals surface area contributed by atoms with Gasteiger partial charge in [-0.05, 0) is 24.1 Å². The Morgan fingerprint density at radius 2 is 2.18 bits per heavy atom. The van der Waals surface area contributed by atoms with Gasteiger partial charge in [-0.3, -0.25) is 0 Å². The molecule has 0 rings (SSSR count). The minimum atomic E-state index is 0.372. The van der Waals surface area contributed by atoms with Crippen LogP contribution in [0.1, 0.15) is 27.2 Å². The van der Waals surface area contributed by atoms with Crippen LogP contribution in [0.25, 0.3) is 0 Å². The highest BCUT2D eigenvalue weighted by Gasteiger charge is 2.05. The molecule has 0 saturated heterocycles. The molecule has 0 aromatic heterocycles. The van der Waals surface area contributed by atoms with Crippen LogP contribution >= 0.6 is 8.35 Å². The molecule has 11 heavy (non-hydrogen) atoms. The lowest BCUT2D eigenvalue weighted by atomic mass is 9.93. The molecular formula is C9H16NP. The standard InChI is InChI=1S/C9H16NP/c1-5-10-11-8-6-7-9(2,3)4/h5-6,10H,1,7H2,2-4H3. The average molecular weight is 169 g/mol. The Labute approximate surface area is 71.1 Å². The highest BCUT2D eigenvalue weighted by atomic mass is 31.1. The molecular weight excluding hydrogens is 153 g/mol. The molecule has 0 aromatic rings. The third kappa shape index (κ3) is 9.49. The maximum Gasteiger partial charge on any atom is 0.0641 e. The molecule has 0 atom stereocenters. The van der Waals surface area contributed by atoms with Crippen molar-refractivity contribution in [1.82, 2.24) is 5.09 Å². The predicted molar refractivity (Wildman–Crippen MR) is 53.9 cm³/mol. The van der Waals surface area contributed by atoms with Crippen LogP contribution in [-0.4, -0.2) is 5.45 Å². The smallest absolute Gasteiger partial charge is 0.0641 e. The summed E-state index contributed by atoms with van der Waals surface area (Å²) in [4.78, 5) is 0. The molecule has 62 valence electrons. The first-order valence-corrected chi connectivity index (χ1v) is 4.59. The number of hydrogen-bond donors (Lipinski definition) is 1. The molecule has 0 bridgehead atoms. The predicted octanol–water partition coefficient (Wildman–Crippen LogP) is 2.97. The maximum absolute atomic E-state index is 3.54. The van der Waals surface area contributed by atoms with Crippen LogP contribution in [0.5, 0.6) is 0 Å². The molecule has 0 heterocycles. The number of nitrogens with one attached hydrogen (secondary N) is 1. The highest BCUT2D eigenvalue weighted by Crippen LogP contribution is 2.17. The van der Waals surface area contributed by atoms with Crippen molar-refractivity contribution in [3.63, 3.8) is 0 Å². The largest absolute Gasteiger partial charge is 0.339 e. The Hall–Kier alpha value is -0.510. The lowest BCUT2D eigenvalue weighted by Crippen LogP contribution is -2.01. The Balaban J connectivity index is 3.68. The van der Waals surface area contributed by atoms with Gasteiger partial charge in [-0.25, -0.2) is 0 Å². The molecule has 2 heteroatoms. The zero-order chi connectivity index (χ0) is 8.74. The van der Waals surface area contributed by atoms with Gasteiger partial charge in [0, 0.05) is 0 Å². The van der Waals surface area contributed by atoms with E-state index in [4.69, 9.17) is 0 Å². The third-order valence-electron chi connectivity index (χ3n) is 1.03. The molecule has 0 saturated carbocycles. The van der Waals surface area contributed by atoms with Crippen LogP contribution in [0.4, 0.5) is 0 Å². The van der Waals surface area contributed by atoms with Crippen molar-refractivity contribution in [3.8, 4) is 0 Å². The fourth-order valence-corrected chi connectivity index (χ4v) is 0.829. The van der Waals surface area contributed by atoms with E-state index in [1.807, 2.05) is 0 Å². The van der Waals surface area contributed by atoms with Crippen LogP contribution < -0.4 is 5.09 Å². The zero-order valence-electron chi connectivity index (χ0n) is 7.52. The molecule has 0 aromatic carbocycles. The summed E-state index contributed by atoms with van der Waals surface area (Å²) >= 11 is 0. The summed E-state index contributed by atoms with van der Waals surface area (Å²) in [5, 5.41) is 2.93. The van der Waals surface area contributed by atoms with Crippen molar-refractivity contribution in [1.29, 1.82) is 0 Å². The van der Waals surface area contributed by atoms with Crippen LogP contribution in [0, 0.1) is 5.41 Å². The SMILES string of the molecule is C=CNP=C=CCC(C)(C)C. The van der Waals surface area contributed by atoms with Crippen LogP contribution in [0.2, 0.25) is 0 Å². The van der Waals surface area contributed by atoms with Crippen molar-refractivity contribution in [2.45, 2.75) is 27.2 Å². The van der Waals surface area contributed by atoms with Crippen molar-refractivity contribution < 1.29 is 0 Å². The molecule has 0 aliphatic heterocycles. The number of rotatable bonds is 3. The van der Waals surface area contributed by atoms with E-state index in [9.17, 15) is 0 Å². The van der Waals surface area contributed by atoms with Crippen LogP contribution in [0.3, 0.4) is 0 Å². The van der Waals surface area contributed by atoms with E-state index in [0.717, 1.165) is 14.8 Å². The van der Waals surface area contributed by atoms with Gasteiger partial charge in [0.05, 0.1) is 8.35 Å². The summed E-state index contributed by atoms with van der Waals surface area (Å²) in [6.45, 7) is 10.2. The van der Waals surface area contributed by atoms with E-state index in [0.29, 0.717) is 5.41 Å². The second-order valence-corrected chi connectivity index (χ2v) is 4.28. The van der Waals surface area contributed by atoms with Crippen LogP contribution in [-0.2, 0) is 0 Å². The second kappa shape index (κ2) is 5.18. The fraction of sp³-hybridized carbons (Fsp3) is 0.556. The molecule has 0 spiro atoms. The van der Waals surface area contributed by atoms with Gasteiger partial charge in [0.25, 0.3) is 0 Å². The molecule has 0 fully saturated rings. The monoisotopic (exact) mass is 169 g/mol. The average Bonchev–Trinajstić information content (AvgIpc) is 1.85. The van der Waals surface area contributed by atoms with Crippen LogP contribution in [0.15, 0.2) is 18.9 Å². The zero-order valence-corrected chi connectivity index (χ0v) is 8.41. The molecule has 0 radical (unpaired) electrons. The van der Waals surface area contributed by atoms with Gasteiger partial charge in [0.1, 0.15) is 0 Å². The molecule has 1 nitrogen and oxygen atoms in total. The minimum absolute atomic E-state index is 0.372. The minimum Gasteiger partial charge on any atom is -0.339 e. The van der Waals surface area contributed by atoms with Crippen molar-refractivity contribution in [3.05, 3.63) is 18.9 Å². The summed E-state index contributed by atoms with van der Waals surface area (Å²) in [7, 11) is 0.982. The van der Waals surface area contributed by atoms with Crippen molar-refractivity contribution in [2.75, 3.05) is 0 Å². The fourth-order valence-electron chi connectivity index (χ4n) is 0.480. The van der Waals surface area contributed by atoms with Gasteiger partial charge >= 0.3 is 0 Å². The maximum atomic E-state index is 3.54. The van der Waals surface area contributed by atoms with E-state index in [1.54, 1.807) is 6.20 Å². The van der Waals surface area contributed by atoms with Gasteiger partial charge in [-0.2, -0.15) is 0 Å². The van der Waals surface area contributed by atoms with E-state index in [2.05, 4.69) is 44.0 Å². The summed E-state index contributed by atoms with van der Waals surface area (Å²) < 4.78 is 0. The number of allylic oxidation sites excluding steroid dienone is 1. The van der Waals surface area contributed by atoms with E-state index in [1.165, 1.54) is 0 Å². The lowest BCUT2D eigenvalue weighted by Gasteiger charge is -2.13. The van der Waals surface area contributed by atoms with Gasteiger partial charge in [-0.15, -0.1) is 0 Å². The topological polar surface area (TPSA) is 12.0 Å². The Bertz CT molecular complexity index is 170. The van der Waals surface area contributed by atoms with E-state index < -0.39 is 0 Å². The summed E-state index contributed by atoms with van der Waals surface area (Å²) in [6.07, 6.45) is 4.80. The normalized spacial score (nSPS) is 10.5. The molecule has 0 aliphatic rings. The first kappa shape index (κ1) is 10.5. The van der Waals surface area contributed by atoms with Crippen molar-refractivity contribution >= 4 is 13.8 Å². The summed E-state index contributed by atoms with van der Waals surface area (Å²) in [5.41, 5.74) is 3.48. The summed E-state index contributed by atoms with van der Waals surface area (Å²) in [5.74, 6) is 0. The molecule has 0 aliphatic carbocycles. The van der Waals surface area contributed by atoms with Gasteiger partial charge in [0.2, 0.25) is 0 Å². The molecule has 0 unspecified atom stereocenters. The third-order valence-corrected chi connectivity index (χ3v) is 1.65. The Morgan fingerprint density at radius 1 is 1.55 bits per heavy atom. The van der Waals surface area contributed by atoms with Gasteiger partial charge < -0.3 is 5.09 Å². The quantitative estimate of drug-likeness (QED) is 0.640. The van der Waals surface area contributed by atoms with E-state index >= 15 is 0 Å². The first-order chi connectivity index (χ1) is 5.06. The van der Waals surface area contributed by atoms with E-state index in [-0.39, 0.29) is 0 Å². The first-order valence-electron chi connectivity index (χ1n) is 3.69. The Morgan fingerprint density at radius 3 is 2.64 bits per heavy atom. The Kier molecular flexibility index (Phi) is 4.94. The highest BCUT2D eigenvalue weighted by molar-refractivity contribution is 7.35. The molecule has 0 amide bonds. The van der Waals surface area contributed by atoms with Gasteiger partial charge in [0.15, 0.2) is 0 Å². The second-order valence-electron chi connectivity index (χ2n) is 3.54. The van der Waals surface area contributed by atoms with Gasteiger partial charge in [-0.1, -0.05) is 32.8 Å². The summed E-state index contributed by atoms with van der Waals surface area (Å²) in [6, 6.07) is 0. The number of hydrogen-bond acceptors (Lipinski definition) is 1. The lowest BCUT2D eigenvalue weighted by molar-refractivity contribution is 0.422. The molecule has 1 N–H and O–H groups in total.